The van der Waals surface area contributed by atoms with Gasteiger partial charge >= 0.3 is 18.2 Å². The van der Waals surface area contributed by atoms with Crippen LogP contribution in [0.3, 0.4) is 0 Å². The number of methoxy groups -OCH3 is 1. The largest absolute Gasteiger partial charge is 0.467 e. The van der Waals surface area contributed by atoms with E-state index in [0.717, 1.165) is 5.56 Å². The summed E-state index contributed by atoms with van der Waals surface area (Å²) in [6, 6.07) is 8.31. The maximum Gasteiger partial charge on any atom is 0.408 e. The second-order valence-corrected chi connectivity index (χ2v) is 7.98. The van der Waals surface area contributed by atoms with Crippen LogP contribution in [0, 0.1) is 0 Å². The van der Waals surface area contributed by atoms with E-state index in [-0.39, 0.29) is 19.1 Å². The highest BCUT2D eigenvalue weighted by Gasteiger charge is 2.22. The molecule has 1 rings (SSSR count). The van der Waals surface area contributed by atoms with Gasteiger partial charge in [0.15, 0.2) is 0 Å². The van der Waals surface area contributed by atoms with Gasteiger partial charge in [0, 0.05) is 6.54 Å². The molecule has 178 valence electrons. The molecule has 0 saturated carbocycles. The van der Waals surface area contributed by atoms with Gasteiger partial charge in [0.2, 0.25) is 5.91 Å². The first-order valence-corrected chi connectivity index (χ1v) is 10.4. The first-order chi connectivity index (χ1) is 15.1. The fourth-order valence-electron chi connectivity index (χ4n) is 2.53. The molecule has 3 amide bonds. The van der Waals surface area contributed by atoms with Crippen molar-refractivity contribution in [3.05, 3.63) is 35.9 Å². The number of amides is 3. The van der Waals surface area contributed by atoms with Crippen molar-refractivity contribution >= 4 is 24.1 Å². The molecule has 10 nitrogen and oxygen atoms in total. The summed E-state index contributed by atoms with van der Waals surface area (Å²) < 4.78 is 14.9. The number of unbranched alkanes of at least 4 members (excludes halogenated alkanes) is 1. The molecule has 0 spiro atoms. The standard InChI is InChI=1S/C22H33N3O7/c1-22(2,3)32-20(28)24-14-18(26)23-13-9-8-12-17(19(27)30-4)25-21(29)31-15-16-10-6-5-7-11-16/h5-7,10-11,17H,8-9,12-15H2,1-4H3,(H,23,26)(H,24,28)(H,25,29)/t17-/m0/s1. The van der Waals surface area contributed by atoms with Gasteiger partial charge in [-0.3, -0.25) is 4.79 Å². The first kappa shape index (κ1) is 26.7. The van der Waals surface area contributed by atoms with Crippen LogP contribution in [0.25, 0.3) is 0 Å². The lowest BCUT2D eigenvalue weighted by Gasteiger charge is -2.19. The van der Waals surface area contributed by atoms with Crippen molar-refractivity contribution in [1.82, 2.24) is 16.0 Å². The van der Waals surface area contributed by atoms with Crippen LogP contribution in [0.2, 0.25) is 0 Å². The summed E-state index contributed by atoms with van der Waals surface area (Å²) in [6.45, 7) is 5.42. The Bertz CT molecular complexity index is 748. The molecular formula is C22H33N3O7. The number of benzene rings is 1. The third kappa shape index (κ3) is 12.4. The number of carbonyl (C=O) groups excluding carboxylic acids is 4. The van der Waals surface area contributed by atoms with Crippen LogP contribution < -0.4 is 16.0 Å². The molecule has 0 aliphatic rings. The van der Waals surface area contributed by atoms with Crippen LogP contribution in [-0.4, -0.2) is 55.9 Å². The topological polar surface area (TPSA) is 132 Å². The molecule has 10 heteroatoms. The summed E-state index contributed by atoms with van der Waals surface area (Å²) in [5.41, 5.74) is 0.188. The van der Waals surface area contributed by atoms with Gasteiger partial charge in [0.05, 0.1) is 13.7 Å². The van der Waals surface area contributed by atoms with Crippen LogP contribution in [0.15, 0.2) is 30.3 Å². The quantitative estimate of drug-likeness (QED) is 0.267. The third-order valence-corrected chi connectivity index (χ3v) is 4.02. The van der Waals surface area contributed by atoms with Crippen LogP contribution in [0.5, 0.6) is 0 Å². The lowest BCUT2D eigenvalue weighted by Crippen LogP contribution is -2.42. The number of nitrogens with one attached hydrogen (secondary N) is 3. The van der Waals surface area contributed by atoms with Gasteiger partial charge in [-0.05, 0) is 45.6 Å². The van der Waals surface area contributed by atoms with Crippen molar-refractivity contribution < 1.29 is 33.4 Å². The Morgan fingerprint density at radius 1 is 0.969 bits per heavy atom. The van der Waals surface area contributed by atoms with Crippen molar-refractivity contribution in [3.63, 3.8) is 0 Å². The van der Waals surface area contributed by atoms with Crippen LogP contribution in [0.4, 0.5) is 9.59 Å². The number of ether oxygens (including phenoxy) is 3. The van der Waals surface area contributed by atoms with E-state index in [1.165, 1.54) is 7.11 Å². The maximum atomic E-state index is 12.0. The molecule has 0 radical (unpaired) electrons. The fourth-order valence-corrected chi connectivity index (χ4v) is 2.53. The number of hydrogen-bond acceptors (Lipinski definition) is 7. The molecule has 0 unspecified atom stereocenters. The average Bonchev–Trinajstić information content (AvgIpc) is 2.74. The Kier molecular flexibility index (Phi) is 11.6. The smallest absolute Gasteiger partial charge is 0.408 e. The molecule has 0 aromatic heterocycles. The van der Waals surface area contributed by atoms with Gasteiger partial charge in [-0.15, -0.1) is 0 Å². The van der Waals surface area contributed by atoms with E-state index >= 15 is 0 Å². The number of carbonyl (C=O) groups is 4. The lowest BCUT2D eigenvalue weighted by molar-refractivity contribution is -0.143. The van der Waals surface area contributed by atoms with E-state index in [4.69, 9.17) is 14.2 Å². The molecule has 0 aliphatic carbocycles. The molecule has 1 atom stereocenters. The van der Waals surface area contributed by atoms with Gasteiger partial charge in [-0.25, -0.2) is 14.4 Å². The Balaban J connectivity index is 2.27. The van der Waals surface area contributed by atoms with Crippen molar-refractivity contribution in [1.29, 1.82) is 0 Å². The van der Waals surface area contributed by atoms with Gasteiger partial charge in [-0.1, -0.05) is 30.3 Å². The van der Waals surface area contributed by atoms with Gasteiger partial charge in [0.25, 0.3) is 0 Å². The Morgan fingerprint density at radius 3 is 2.28 bits per heavy atom. The van der Waals surface area contributed by atoms with E-state index in [9.17, 15) is 19.2 Å². The summed E-state index contributed by atoms with van der Waals surface area (Å²) >= 11 is 0. The normalized spacial score (nSPS) is 11.6. The van der Waals surface area contributed by atoms with E-state index < -0.39 is 29.8 Å². The molecule has 3 N–H and O–H groups in total. The Hall–Kier alpha value is -3.30. The van der Waals surface area contributed by atoms with E-state index in [1.54, 1.807) is 20.8 Å². The van der Waals surface area contributed by atoms with Gasteiger partial charge in [0.1, 0.15) is 18.2 Å². The number of hydrogen-bond donors (Lipinski definition) is 3. The number of alkyl carbamates (subject to hydrolysis) is 2. The third-order valence-electron chi connectivity index (χ3n) is 4.02. The van der Waals surface area contributed by atoms with Gasteiger partial charge in [-0.2, -0.15) is 0 Å². The summed E-state index contributed by atoms with van der Waals surface area (Å²) in [5, 5.41) is 7.53. The summed E-state index contributed by atoms with van der Waals surface area (Å²) in [4.78, 5) is 47.2. The highest BCUT2D eigenvalue weighted by atomic mass is 16.6. The molecule has 0 saturated heterocycles. The second-order valence-electron chi connectivity index (χ2n) is 7.98. The van der Waals surface area contributed by atoms with E-state index in [1.807, 2.05) is 30.3 Å². The molecule has 1 aromatic rings. The highest BCUT2D eigenvalue weighted by molar-refractivity contribution is 5.82. The molecule has 32 heavy (non-hydrogen) atoms. The summed E-state index contributed by atoms with van der Waals surface area (Å²) in [7, 11) is 1.24. The Morgan fingerprint density at radius 2 is 1.66 bits per heavy atom. The van der Waals surface area contributed by atoms with Crippen LogP contribution >= 0.6 is 0 Å². The van der Waals surface area contributed by atoms with E-state index in [0.29, 0.717) is 25.8 Å². The monoisotopic (exact) mass is 451 g/mol. The summed E-state index contributed by atoms with van der Waals surface area (Å²) in [5.74, 6) is -0.935. The first-order valence-electron chi connectivity index (χ1n) is 10.4. The van der Waals surface area contributed by atoms with E-state index in [2.05, 4.69) is 16.0 Å². The van der Waals surface area contributed by atoms with Crippen LogP contribution in [-0.2, 0) is 30.4 Å². The second kappa shape index (κ2) is 13.9. The zero-order valence-corrected chi connectivity index (χ0v) is 19.1. The van der Waals surface area contributed by atoms with Crippen molar-refractivity contribution in [2.45, 2.75) is 58.3 Å². The predicted octanol–water partition coefficient (Wildman–Crippen LogP) is 2.27. The molecule has 1 aromatic carbocycles. The number of rotatable bonds is 11. The SMILES string of the molecule is COC(=O)[C@H](CCCCNC(=O)CNC(=O)OC(C)(C)C)NC(=O)OCc1ccccc1. The number of esters is 1. The zero-order chi connectivity index (χ0) is 24.0. The minimum atomic E-state index is -0.854. The molecular weight excluding hydrogens is 418 g/mol. The molecule has 0 fully saturated rings. The lowest BCUT2D eigenvalue weighted by atomic mass is 10.1. The zero-order valence-electron chi connectivity index (χ0n) is 19.1. The minimum absolute atomic E-state index is 0.0872. The fraction of sp³-hybridized carbons (Fsp3) is 0.545. The predicted molar refractivity (Wildman–Crippen MR) is 117 cm³/mol. The molecule has 0 bridgehead atoms. The average molecular weight is 452 g/mol. The highest BCUT2D eigenvalue weighted by Crippen LogP contribution is 2.06. The maximum absolute atomic E-state index is 12.0. The summed E-state index contributed by atoms with van der Waals surface area (Å²) in [6.07, 6.45) is 0.0360. The molecule has 0 aliphatic heterocycles. The van der Waals surface area contributed by atoms with Gasteiger partial charge < -0.3 is 30.2 Å². The molecule has 0 heterocycles. The van der Waals surface area contributed by atoms with Crippen molar-refractivity contribution in [2.75, 3.05) is 20.2 Å². The van der Waals surface area contributed by atoms with Crippen molar-refractivity contribution in [2.24, 2.45) is 0 Å². The minimum Gasteiger partial charge on any atom is -0.467 e. The Labute approximate surface area is 188 Å². The van der Waals surface area contributed by atoms with Crippen molar-refractivity contribution in [3.8, 4) is 0 Å². The van der Waals surface area contributed by atoms with Crippen LogP contribution in [0.1, 0.15) is 45.6 Å².